The van der Waals surface area contributed by atoms with Crippen molar-refractivity contribution < 1.29 is 4.79 Å². The number of aromatic nitrogens is 2. The number of nitrogens with two attached hydrogens (primary N) is 1. The zero-order valence-electron chi connectivity index (χ0n) is 12.2. The average Bonchev–Trinajstić information content (AvgIpc) is 2.84. The van der Waals surface area contributed by atoms with Crippen molar-refractivity contribution in [1.82, 2.24) is 15.3 Å². The van der Waals surface area contributed by atoms with Crippen molar-refractivity contribution in [2.45, 2.75) is 32.7 Å². The van der Waals surface area contributed by atoms with Crippen LogP contribution in [0.25, 0.3) is 11.0 Å². The molecule has 1 aromatic carbocycles. The first-order valence-electron chi connectivity index (χ1n) is 6.89. The predicted molar refractivity (Wildman–Crippen MR) is 80.5 cm³/mol. The number of carbonyl (C=O) groups is 1. The molecule has 0 radical (unpaired) electrons. The minimum Gasteiger partial charge on any atom is -0.346 e. The lowest BCUT2D eigenvalue weighted by molar-refractivity contribution is 0.0898. The van der Waals surface area contributed by atoms with Crippen LogP contribution in [0.2, 0.25) is 0 Å². The van der Waals surface area contributed by atoms with E-state index in [0.717, 1.165) is 17.5 Å². The Hall–Kier alpha value is -1.88. The number of nitrogens with zero attached hydrogens (tertiary/aromatic N) is 1. The molecule has 0 aliphatic carbocycles. The van der Waals surface area contributed by atoms with Crippen LogP contribution in [0.4, 0.5) is 0 Å². The molecule has 1 amide bonds. The SMILES string of the molecule is CC(C)CC(C)(CN)NC(=O)c1ccc2nc[nH]c2c1. The van der Waals surface area contributed by atoms with E-state index >= 15 is 0 Å². The van der Waals surface area contributed by atoms with Gasteiger partial charge in [-0.25, -0.2) is 4.98 Å². The van der Waals surface area contributed by atoms with Crippen LogP contribution in [0.3, 0.4) is 0 Å². The summed E-state index contributed by atoms with van der Waals surface area (Å²) in [5.74, 6) is 0.369. The number of fused-ring (bicyclic) bond motifs is 1. The smallest absolute Gasteiger partial charge is 0.251 e. The summed E-state index contributed by atoms with van der Waals surface area (Å²) in [4.78, 5) is 19.5. The van der Waals surface area contributed by atoms with E-state index < -0.39 is 0 Å². The van der Waals surface area contributed by atoms with Crippen molar-refractivity contribution in [2.24, 2.45) is 11.7 Å². The fraction of sp³-hybridized carbons (Fsp3) is 0.467. The highest BCUT2D eigenvalue weighted by Crippen LogP contribution is 2.17. The van der Waals surface area contributed by atoms with Crippen LogP contribution in [0.15, 0.2) is 24.5 Å². The number of nitrogens with one attached hydrogen (secondary N) is 2. The van der Waals surface area contributed by atoms with Gasteiger partial charge in [-0.3, -0.25) is 4.79 Å². The van der Waals surface area contributed by atoms with E-state index in [1.165, 1.54) is 0 Å². The number of aromatic amines is 1. The molecule has 2 aromatic rings. The summed E-state index contributed by atoms with van der Waals surface area (Å²) < 4.78 is 0. The lowest BCUT2D eigenvalue weighted by atomic mass is 9.90. The molecule has 1 aromatic heterocycles. The van der Waals surface area contributed by atoms with Gasteiger partial charge in [0.1, 0.15) is 0 Å². The molecule has 1 heterocycles. The van der Waals surface area contributed by atoms with Gasteiger partial charge < -0.3 is 16.0 Å². The summed E-state index contributed by atoms with van der Waals surface area (Å²) in [5, 5.41) is 3.05. The average molecular weight is 274 g/mol. The molecule has 5 heteroatoms. The third kappa shape index (κ3) is 3.17. The molecule has 0 aliphatic heterocycles. The normalized spacial score (nSPS) is 14.4. The zero-order chi connectivity index (χ0) is 14.8. The molecule has 1 atom stereocenters. The van der Waals surface area contributed by atoms with E-state index in [-0.39, 0.29) is 11.4 Å². The second kappa shape index (κ2) is 5.63. The van der Waals surface area contributed by atoms with Crippen molar-refractivity contribution in [3.8, 4) is 0 Å². The van der Waals surface area contributed by atoms with E-state index in [9.17, 15) is 4.79 Å². The fourth-order valence-corrected chi connectivity index (χ4v) is 2.51. The Labute approximate surface area is 119 Å². The van der Waals surface area contributed by atoms with Gasteiger partial charge in [0.25, 0.3) is 5.91 Å². The summed E-state index contributed by atoms with van der Waals surface area (Å²) in [7, 11) is 0. The molecule has 0 aliphatic rings. The minimum absolute atomic E-state index is 0.102. The Kier molecular flexibility index (Phi) is 4.09. The van der Waals surface area contributed by atoms with E-state index in [1.54, 1.807) is 12.4 Å². The fourth-order valence-electron chi connectivity index (χ4n) is 2.51. The molecule has 5 nitrogen and oxygen atoms in total. The van der Waals surface area contributed by atoms with Gasteiger partial charge in [-0.1, -0.05) is 13.8 Å². The number of amides is 1. The molecule has 0 spiro atoms. The molecule has 20 heavy (non-hydrogen) atoms. The molecule has 1 unspecified atom stereocenters. The minimum atomic E-state index is -0.381. The third-order valence-electron chi connectivity index (χ3n) is 3.41. The number of H-pyrrole nitrogens is 1. The summed E-state index contributed by atoms with van der Waals surface area (Å²) in [6.07, 6.45) is 2.47. The molecule has 4 N–H and O–H groups in total. The summed E-state index contributed by atoms with van der Waals surface area (Å²) >= 11 is 0. The molecule has 108 valence electrons. The van der Waals surface area contributed by atoms with Gasteiger partial charge in [0.05, 0.1) is 17.4 Å². The van der Waals surface area contributed by atoms with Crippen LogP contribution in [-0.2, 0) is 0 Å². The number of benzene rings is 1. The Bertz CT molecular complexity index is 605. The molecule has 0 saturated carbocycles. The maximum atomic E-state index is 12.4. The highest BCUT2D eigenvalue weighted by Gasteiger charge is 2.26. The van der Waals surface area contributed by atoms with E-state index in [2.05, 4.69) is 29.1 Å². The van der Waals surface area contributed by atoms with Gasteiger partial charge in [0.2, 0.25) is 0 Å². The zero-order valence-corrected chi connectivity index (χ0v) is 12.2. The number of rotatable bonds is 5. The van der Waals surface area contributed by atoms with Crippen LogP contribution in [0, 0.1) is 5.92 Å². The predicted octanol–water partition coefficient (Wildman–Crippen LogP) is 2.06. The quantitative estimate of drug-likeness (QED) is 0.780. The van der Waals surface area contributed by atoms with E-state index in [4.69, 9.17) is 5.73 Å². The van der Waals surface area contributed by atoms with Crippen molar-refractivity contribution in [3.05, 3.63) is 30.1 Å². The summed E-state index contributed by atoms with van der Waals surface area (Å²) in [5.41, 5.74) is 7.77. The van der Waals surface area contributed by atoms with Gasteiger partial charge in [0.15, 0.2) is 0 Å². The lowest BCUT2D eigenvalue weighted by Gasteiger charge is -2.31. The maximum Gasteiger partial charge on any atom is 0.251 e. The van der Waals surface area contributed by atoms with Gasteiger partial charge in [-0.15, -0.1) is 0 Å². The third-order valence-corrected chi connectivity index (χ3v) is 3.41. The first kappa shape index (κ1) is 14.5. The van der Waals surface area contributed by atoms with Crippen LogP contribution in [0.5, 0.6) is 0 Å². The second-order valence-electron chi connectivity index (χ2n) is 5.95. The first-order valence-corrected chi connectivity index (χ1v) is 6.89. The van der Waals surface area contributed by atoms with Crippen LogP contribution < -0.4 is 11.1 Å². The highest BCUT2D eigenvalue weighted by molar-refractivity contribution is 5.97. The Morgan fingerprint density at radius 3 is 2.90 bits per heavy atom. The molecular weight excluding hydrogens is 252 g/mol. The standard InChI is InChI=1S/C15H22N4O/c1-10(2)7-15(3,8-16)19-14(20)11-4-5-12-13(6-11)18-9-17-12/h4-6,9-10H,7-8,16H2,1-3H3,(H,17,18)(H,19,20). The highest BCUT2D eigenvalue weighted by atomic mass is 16.1. The Balaban J connectivity index is 2.17. The number of carbonyl (C=O) groups excluding carboxylic acids is 1. The summed E-state index contributed by atoms with van der Waals surface area (Å²) in [6, 6.07) is 5.43. The maximum absolute atomic E-state index is 12.4. The van der Waals surface area contributed by atoms with Crippen molar-refractivity contribution in [3.63, 3.8) is 0 Å². The Morgan fingerprint density at radius 2 is 2.25 bits per heavy atom. The van der Waals surface area contributed by atoms with Gasteiger partial charge in [0, 0.05) is 17.6 Å². The largest absolute Gasteiger partial charge is 0.346 e. The van der Waals surface area contributed by atoms with Gasteiger partial charge in [-0.2, -0.15) is 0 Å². The van der Waals surface area contributed by atoms with E-state index in [0.29, 0.717) is 18.0 Å². The van der Waals surface area contributed by atoms with E-state index in [1.807, 2.05) is 19.1 Å². The van der Waals surface area contributed by atoms with Crippen molar-refractivity contribution in [2.75, 3.05) is 6.54 Å². The molecule has 2 rings (SSSR count). The van der Waals surface area contributed by atoms with Gasteiger partial charge >= 0.3 is 0 Å². The van der Waals surface area contributed by atoms with Crippen molar-refractivity contribution >= 4 is 16.9 Å². The molecule has 0 saturated heterocycles. The van der Waals surface area contributed by atoms with Crippen LogP contribution in [-0.4, -0.2) is 28.0 Å². The molecule has 0 bridgehead atoms. The summed E-state index contributed by atoms with van der Waals surface area (Å²) in [6.45, 7) is 6.65. The lowest BCUT2D eigenvalue weighted by Crippen LogP contribution is -2.52. The Morgan fingerprint density at radius 1 is 1.50 bits per heavy atom. The number of hydrogen-bond acceptors (Lipinski definition) is 3. The van der Waals surface area contributed by atoms with Crippen LogP contribution >= 0.6 is 0 Å². The molecule has 0 fully saturated rings. The number of hydrogen-bond donors (Lipinski definition) is 3. The number of imidazole rings is 1. The van der Waals surface area contributed by atoms with Gasteiger partial charge in [-0.05, 0) is 37.5 Å². The van der Waals surface area contributed by atoms with Crippen molar-refractivity contribution in [1.29, 1.82) is 0 Å². The monoisotopic (exact) mass is 274 g/mol. The second-order valence-corrected chi connectivity index (χ2v) is 5.95. The first-order chi connectivity index (χ1) is 9.43. The topological polar surface area (TPSA) is 83.8 Å². The molecular formula is C15H22N4O. The van der Waals surface area contributed by atoms with Crippen LogP contribution in [0.1, 0.15) is 37.6 Å².